The molecule has 22 heavy (non-hydrogen) atoms. The molecule has 2 aromatic carbocycles. The standard InChI is InChI=1S/C17H16BrFO3/c1-4-11-7-15(20-2)17(16(8-11)21-3)22-10-12-5-6-13(18)9-14(12)19/h4-9H,1,10H2,2-3H3. The van der Waals surface area contributed by atoms with E-state index in [2.05, 4.69) is 22.5 Å². The molecule has 3 nitrogen and oxygen atoms in total. The molecular formula is C17H16BrFO3. The summed E-state index contributed by atoms with van der Waals surface area (Å²) in [5.74, 6) is 1.10. The Kier molecular flexibility index (Phi) is 5.44. The summed E-state index contributed by atoms with van der Waals surface area (Å²) in [6.45, 7) is 3.79. The van der Waals surface area contributed by atoms with Crippen molar-refractivity contribution in [2.75, 3.05) is 14.2 Å². The van der Waals surface area contributed by atoms with E-state index in [0.717, 1.165) is 5.56 Å². The topological polar surface area (TPSA) is 27.7 Å². The first-order valence-corrected chi connectivity index (χ1v) is 7.33. The highest BCUT2D eigenvalue weighted by atomic mass is 79.9. The molecule has 0 aromatic heterocycles. The minimum atomic E-state index is -0.338. The molecule has 0 bridgehead atoms. The van der Waals surface area contributed by atoms with Crippen LogP contribution in [0.3, 0.4) is 0 Å². The van der Waals surface area contributed by atoms with Crippen LogP contribution in [-0.4, -0.2) is 14.2 Å². The van der Waals surface area contributed by atoms with Crippen molar-refractivity contribution < 1.29 is 18.6 Å². The van der Waals surface area contributed by atoms with Crippen molar-refractivity contribution in [2.45, 2.75) is 6.61 Å². The van der Waals surface area contributed by atoms with Crippen molar-refractivity contribution >= 4 is 22.0 Å². The Bertz CT molecular complexity index is 661. The molecule has 0 atom stereocenters. The van der Waals surface area contributed by atoms with Gasteiger partial charge in [0.25, 0.3) is 0 Å². The molecular weight excluding hydrogens is 351 g/mol. The summed E-state index contributed by atoms with van der Waals surface area (Å²) < 4.78 is 30.9. The summed E-state index contributed by atoms with van der Waals surface area (Å²) in [5.41, 5.74) is 1.29. The Labute approximate surface area is 137 Å². The highest BCUT2D eigenvalue weighted by Crippen LogP contribution is 2.39. The van der Waals surface area contributed by atoms with Crippen LogP contribution in [0.1, 0.15) is 11.1 Å². The van der Waals surface area contributed by atoms with Crippen molar-refractivity contribution in [3.8, 4) is 17.2 Å². The lowest BCUT2D eigenvalue weighted by Gasteiger charge is -2.15. The Morgan fingerprint density at radius 2 is 1.77 bits per heavy atom. The van der Waals surface area contributed by atoms with Crippen molar-refractivity contribution in [2.24, 2.45) is 0 Å². The molecule has 0 aliphatic rings. The predicted octanol–water partition coefficient (Wildman–Crippen LogP) is 4.83. The van der Waals surface area contributed by atoms with E-state index in [0.29, 0.717) is 27.3 Å². The first-order chi connectivity index (χ1) is 10.6. The van der Waals surface area contributed by atoms with Crippen LogP contribution in [0.15, 0.2) is 41.4 Å². The fourth-order valence-corrected chi connectivity index (χ4v) is 2.28. The van der Waals surface area contributed by atoms with Gasteiger partial charge in [-0.05, 0) is 29.8 Å². The van der Waals surface area contributed by atoms with Crippen LogP contribution in [0, 0.1) is 5.82 Å². The van der Waals surface area contributed by atoms with Gasteiger partial charge < -0.3 is 14.2 Å². The first kappa shape index (κ1) is 16.4. The van der Waals surface area contributed by atoms with E-state index in [1.165, 1.54) is 20.3 Å². The van der Waals surface area contributed by atoms with Crippen LogP contribution in [0.25, 0.3) is 6.08 Å². The van der Waals surface area contributed by atoms with Gasteiger partial charge in [-0.25, -0.2) is 4.39 Å². The zero-order valence-corrected chi connectivity index (χ0v) is 13.9. The van der Waals surface area contributed by atoms with Crippen molar-refractivity contribution in [1.29, 1.82) is 0 Å². The molecule has 116 valence electrons. The van der Waals surface area contributed by atoms with Gasteiger partial charge in [0.1, 0.15) is 12.4 Å². The number of rotatable bonds is 6. The Morgan fingerprint density at radius 3 is 2.27 bits per heavy atom. The average Bonchev–Trinajstić information content (AvgIpc) is 2.53. The number of hydrogen-bond acceptors (Lipinski definition) is 3. The van der Waals surface area contributed by atoms with Crippen LogP contribution in [0.2, 0.25) is 0 Å². The van der Waals surface area contributed by atoms with E-state index in [1.807, 2.05) is 0 Å². The summed E-state index contributed by atoms with van der Waals surface area (Å²) >= 11 is 3.22. The zero-order chi connectivity index (χ0) is 16.1. The van der Waals surface area contributed by atoms with E-state index in [-0.39, 0.29) is 12.4 Å². The molecule has 0 aliphatic heterocycles. The minimum Gasteiger partial charge on any atom is -0.493 e. The number of benzene rings is 2. The molecule has 0 radical (unpaired) electrons. The molecule has 0 saturated heterocycles. The monoisotopic (exact) mass is 366 g/mol. The molecule has 0 heterocycles. The Balaban J connectivity index is 2.30. The Hall–Kier alpha value is -2.01. The van der Waals surface area contributed by atoms with Gasteiger partial charge in [0.2, 0.25) is 5.75 Å². The highest BCUT2D eigenvalue weighted by molar-refractivity contribution is 9.10. The number of ether oxygens (including phenoxy) is 3. The second-order valence-corrected chi connectivity index (χ2v) is 5.40. The minimum absolute atomic E-state index is 0.0687. The van der Waals surface area contributed by atoms with E-state index < -0.39 is 0 Å². The molecule has 0 spiro atoms. The maximum atomic E-state index is 13.9. The van der Waals surface area contributed by atoms with E-state index >= 15 is 0 Å². The van der Waals surface area contributed by atoms with Crippen LogP contribution in [0.5, 0.6) is 17.2 Å². The number of hydrogen-bond donors (Lipinski definition) is 0. The van der Waals surface area contributed by atoms with Gasteiger partial charge in [-0.1, -0.05) is 34.7 Å². The van der Waals surface area contributed by atoms with E-state index in [9.17, 15) is 4.39 Å². The second kappa shape index (κ2) is 7.31. The SMILES string of the molecule is C=Cc1cc(OC)c(OCc2ccc(Br)cc2F)c(OC)c1. The third kappa shape index (κ3) is 3.60. The maximum absolute atomic E-state index is 13.9. The quantitative estimate of drug-likeness (QED) is 0.732. The molecule has 0 fully saturated rings. The lowest BCUT2D eigenvalue weighted by molar-refractivity contribution is 0.262. The van der Waals surface area contributed by atoms with Gasteiger partial charge in [0.15, 0.2) is 11.5 Å². The summed E-state index contributed by atoms with van der Waals surface area (Å²) in [4.78, 5) is 0. The molecule has 0 N–H and O–H groups in total. The molecule has 0 aliphatic carbocycles. The van der Waals surface area contributed by atoms with Crippen molar-refractivity contribution in [3.05, 3.63) is 58.3 Å². The van der Waals surface area contributed by atoms with E-state index in [4.69, 9.17) is 14.2 Å². The normalized spacial score (nSPS) is 10.2. The highest BCUT2D eigenvalue weighted by Gasteiger charge is 2.14. The Morgan fingerprint density at radius 1 is 1.14 bits per heavy atom. The summed E-state index contributed by atoms with van der Waals surface area (Å²) in [5, 5.41) is 0. The van der Waals surface area contributed by atoms with Crippen molar-refractivity contribution in [3.63, 3.8) is 0 Å². The fraction of sp³-hybridized carbons (Fsp3) is 0.176. The van der Waals surface area contributed by atoms with E-state index in [1.54, 1.807) is 30.3 Å². The molecule has 2 rings (SSSR count). The zero-order valence-electron chi connectivity index (χ0n) is 12.4. The lowest BCUT2D eigenvalue weighted by atomic mass is 10.1. The fourth-order valence-electron chi connectivity index (χ4n) is 1.95. The lowest BCUT2D eigenvalue weighted by Crippen LogP contribution is -2.02. The van der Waals surface area contributed by atoms with Crippen LogP contribution in [0.4, 0.5) is 4.39 Å². The van der Waals surface area contributed by atoms with Gasteiger partial charge in [-0.2, -0.15) is 0 Å². The van der Waals surface area contributed by atoms with Crippen LogP contribution in [-0.2, 0) is 6.61 Å². The number of methoxy groups -OCH3 is 2. The molecule has 5 heteroatoms. The summed E-state index contributed by atoms with van der Waals surface area (Å²) in [6, 6.07) is 8.38. The van der Waals surface area contributed by atoms with Crippen LogP contribution < -0.4 is 14.2 Å². The van der Waals surface area contributed by atoms with Crippen molar-refractivity contribution in [1.82, 2.24) is 0 Å². The largest absolute Gasteiger partial charge is 0.493 e. The molecule has 0 saturated carbocycles. The summed E-state index contributed by atoms with van der Waals surface area (Å²) in [7, 11) is 3.07. The molecule has 0 unspecified atom stereocenters. The number of halogens is 2. The van der Waals surface area contributed by atoms with Gasteiger partial charge in [-0.15, -0.1) is 0 Å². The summed E-state index contributed by atoms with van der Waals surface area (Å²) in [6.07, 6.45) is 1.68. The first-order valence-electron chi connectivity index (χ1n) is 6.54. The van der Waals surface area contributed by atoms with Gasteiger partial charge in [0.05, 0.1) is 14.2 Å². The van der Waals surface area contributed by atoms with Gasteiger partial charge in [0, 0.05) is 10.0 Å². The molecule has 0 amide bonds. The maximum Gasteiger partial charge on any atom is 0.203 e. The molecule has 2 aromatic rings. The predicted molar refractivity (Wildman–Crippen MR) is 88.1 cm³/mol. The smallest absolute Gasteiger partial charge is 0.203 e. The average molecular weight is 367 g/mol. The third-order valence-corrected chi connectivity index (χ3v) is 3.60. The van der Waals surface area contributed by atoms with Gasteiger partial charge >= 0.3 is 0 Å². The van der Waals surface area contributed by atoms with Crippen LogP contribution >= 0.6 is 15.9 Å². The third-order valence-electron chi connectivity index (χ3n) is 3.11. The van der Waals surface area contributed by atoms with Gasteiger partial charge in [-0.3, -0.25) is 0 Å². The second-order valence-electron chi connectivity index (χ2n) is 4.48.